The molecule has 1 aromatic carbocycles. The van der Waals surface area contributed by atoms with Gasteiger partial charge < -0.3 is 5.32 Å². The van der Waals surface area contributed by atoms with Gasteiger partial charge in [-0.3, -0.25) is 4.79 Å². The number of thiazole rings is 1. The summed E-state index contributed by atoms with van der Waals surface area (Å²) in [5.41, 5.74) is 2.74. The molecule has 3 nitrogen and oxygen atoms in total. The van der Waals surface area contributed by atoms with Crippen LogP contribution in [0.25, 0.3) is 0 Å². The quantitative estimate of drug-likeness (QED) is 0.855. The van der Waals surface area contributed by atoms with E-state index in [-0.39, 0.29) is 11.4 Å². The number of amides is 1. The standard InChI is InChI=1S/C16H20N2OS2/c1-11-9-20-15(17-11)21-10-12-5-7-13(8-6-12)14(19)18-16(2,3)4/h5-9H,10H2,1-4H3,(H,18,19). The van der Waals surface area contributed by atoms with E-state index in [1.54, 1.807) is 23.1 Å². The number of hydrogen-bond acceptors (Lipinski definition) is 4. The van der Waals surface area contributed by atoms with Crippen LogP contribution in [0.5, 0.6) is 0 Å². The van der Waals surface area contributed by atoms with Crippen LogP contribution in [0.3, 0.4) is 0 Å². The maximum Gasteiger partial charge on any atom is 0.251 e. The van der Waals surface area contributed by atoms with Gasteiger partial charge in [0.25, 0.3) is 5.91 Å². The number of benzene rings is 1. The summed E-state index contributed by atoms with van der Waals surface area (Å²) in [5, 5.41) is 5.02. The predicted molar refractivity (Wildman–Crippen MR) is 90.1 cm³/mol. The summed E-state index contributed by atoms with van der Waals surface area (Å²) >= 11 is 3.40. The first-order chi connectivity index (χ1) is 9.83. The zero-order valence-corrected chi connectivity index (χ0v) is 14.4. The van der Waals surface area contributed by atoms with Gasteiger partial charge in [-0.05, 0) is 45.4 Å². The van der Waals surface area contributed by atoms with Crippen LogP contribution in [-0.4, -0.2) is 16.4 Å². The third-order valence-electron chi connectivity index (χ3n) is 2.66. The van der Waals surface area contributed by atoms with E-state index in [1.165, 1.54) is 5.56 Å². The Kier molecular flexibility index (Phi) is 5.06. The summed E-state index contributed by atoms with van der Waals surface area (Å²) in [4.78, 5) is 16.5. The fraction of sp³-hybridized carbons (Fsp3) is 0.375. The lowest BCUT2D eigenvalue weighted by Gasteiger charge is -2.20. The Morgan fingerprint density at radius 3 is 2.48 bits per heavy atom. The lowest BCUT2D eigenvalue weighted by Crippen LogP contribution is -2.40. The van der Waals surface area contributed by atoms with Crippen LogP contribution < -0.4 is 5.32 Å². The third kappa shape index (κ3) is 5.17. The first kappa shape index (κ1) is 16.0. The Morgan fingerprint density at radius 1 is 1.29 bits per heavy atom. The number of thioether (sulfide) groups is 1. The van der Waals surface area contributed by atoms with Crippen LogP contribution in [-0.2, 0) is 5.75 Å². The fourth-order valence-electron chi connectivity index (χ4n) is 1.71. The minimum absolute atomic E-state index is 0.0303. The highest BCUT2D eigenvalue weighted by molar-refractivity contribution is 8.00. The Balaban J connectivity index is 1.94. The molecule has 5 heteroatoms. The van der Waals surface area contributed by atoms with Gasteiger partial charge in [-0.2, -0.15) is 0 Å². The summed E-state index contributed by atoms with van der Waals surface area (Å²) in [5.74, 6) is 0.839. The average molecular weight is 320 g/mol. The second-order valence-electron chi connectivity index (χ2n) is 5.94. The SMILES string of the molecule is Cc1csc(SCc2ccc(C(=O)NC(C)(C)C)cc2)n1. The van der Waals surface area contributed by atoms with Gasteiger partial charge in [0.15, 0.2) is 0 Å². The molecule has 0 aliphatic carbocycles. The van der Waals surface area contributed by atoms with E-state index >= 15 is 0 Å². The van der Waals surface area contributed by atoms with Crippen molar-refractivity contribution in [2.24, 2.45) is 0 Å². The first-order valence-corrected chi connectivity index (χ1v) is 8.66. The molecule has 2 aromatic rings. The molecule has 1 amide bonds. The molecule has 21 heavy (non-hydrogen) atoms. The van der Waals surface area contributed by atoms with Crippen molar-refractivity contribution >= 4 is 29.0 Å². The van der Waals surface area contributed by atoms with E-state index in [9.17, 15) is 4.79 Å². The van der Waals surface area contributed by atoms with E-state index in [0.717, 1.165) is 15.8 Å². The van der Waals surface area contributed by atoms with Gasteiger partial charge in [-0.15, -0.1) is 11.3 Å². The summed E-state index contributed by atoms with van der Waals surface area (Å²) < 4.78 is 1.09. The Labute approximate surface area is 134 Å². The zero-order chi connectivity index (χ0) is 15.5. The molecule has 0 unspecified atom stereocenters. The molecule has 1 aromatic heterocycles. The van der Waals surface area contributed by atoms with Crippen LogP contribution in [0, 0.1) is 6.92 Å². The lowest BCUT2D eigenvalue weighted by molar-refractivity contribution is 0.0919. The third-order valence-corrected chi connectivity index (χ3v) is 4.87. The molecule has 0 aliphatic rings. The first-order valence-electron chi connectivity index (χ1n) is 6.80. The van der Waals surface area contributed by atoms with Crippen LogP contribution in [0.1, 0.15) is 42.4 Å². The molecule has 2 rings (SSSR count). The van der Waals surface area contributed by atoms with Crippen molar-refractivity contribution in [3.63, 3.8) is 0 Å². The minimum atomic E-state index is -0.214. The van der Waals surface area contributed by atoms with Gasteiger partial charge in [0.05, 0.1) is 0 Å². The second kappa shape index (κ2) is 6.62. The van der Waals surface area contributed by atoms with Crippen LogP contribution in [0.15, 0.2) is 34.0 Å². The molecule has 1 heterocycles. The van der Waals surface area contributed by atoms with Crippen LogP contribution in [0.2, 0.25) is 0 Å². The van der Waals surface area contributed by atoms with Crippen molar-refractivity contribution in [3.05, 3.63) is 46.5 Å². The average Bonchev–Trinajstić information content (AvgIpc) is 2.81. The van der Waals surface area contributed by atoms with E-state index in [0.29, 0.717) is 5.56 Å². The van der Waals surface area contributed by atoms with Gasteiger partial charge in [-0.25, -0.2) is 4.98 Å². The maximum absolute atomic E-state index is 12.0. The second-order valence-corrected chi connectivity index (χ2v) is 8.03. The smallest absolute Gasteiger partial charge is 0.251 e. The van der Waals surface area contributed by atoms with Crippen molar-refractivity contribution in [2.45, 2.75) is 43.3 Å². The predicted octanol–water partition coefficient (Wildman–Crippen LogP) is 4.27. The molecular formula is C16H20N2OS2. The summed E-state index contributed by atoms with van der Waals surface area (Å²) in [6.07, 6.45) is 0. The molecule has 0 bridgehead atoms. The molecule has 0 saturated carbocycles. The monoisotopic (exact) mass is 320 g/mol. The fourth-order valence-corrected chi connectivity index (χ4v) is 3.51. The highest BCUT2D eigenvalue weighted by atomic mass is 32.2. The lowest BCUT2D eigenvalue weighted by atomic mass is 10.1. The topological polar surface area (TPSA) is 42.0 Å². The molecule has 112 valence electrons. The Hall–Kier alpha value is -1.33. The summed E-state index contributed by atoms with van der Waals surface area (Å²) in [6, 6.07) is 7.77. The van der Waals surface area contributed by atoms with Gasteiger partial charge in [0.1, 0.15) is 4.34 Å². The number of carbonyl (C=O) groups is 1. The number of aromatic nitrogens is 1. The van der Waals surface area contributed by atoms with Gasteiger partial charge in [0, 0.05) is 27.9 Å². The molecule has 0 saturated heterocycles. The molecule has 0 spiro atoms. The van der Waals surface area contributed by atoms with E-state index in [1.807, 2.05) is 52.0 Å². The highest BCUT2D eigenvalue weighted by Crippen LogP contribution is 2.26. The van der Waals surface area contributed by atoms with Crippen molar-refractivity contribution in [1.82, 2.24) is 10.3 Å². The number of aryl methyl sites for hydroxylation is 1. The molecule has 0 atom stereocenters. The van der Waals surface area contributed by atoms with Crippen LogP contribution in [0.4, 0.5) is 0 Å². The number of hydrogen-bond donors (Lipinski definition) is 1. The number of rotatable bonds is 4. The van der Waals surface area contributed by atoms with Gasteiger partial charge in [0.2, 0.25) is 0 Å². The van der Waals surface area contributed by atoms with Gasteiger partial charge in [-0.1, -0.05) is 23.9 Å². The van der Waals surface area contributed by atoms with E-state index < -0.39 is 0 Å². The maximum atomic E-state index is 12.0. The molecular weight excluding hydrogens is 300 g/mol. The van der Waals surface area contributed by atoms with Crippen molar-refractivity contribution in [2.75, 3.05) is 0 Å². The zero-order valence-electron chi connectivity index (χ0n) is 12.8. The largest absolute Gasteiger partial charge is 0.347 e. The Bertz CT molecular complexity index is 612. The molecule has 0 aliphatic heterocycles. The highest BCUT2D eigenvalue weighted by Gasteiger charge is 2.14. The van der Waals surface area contributed by atoms with E-state index in [2.05, 4.69) is 15.7 Å². The summed E-state index contributed by atoms with van der Waals surface area (Å²) in [6.45, 7) is 7.94. The van der Waals surface area contributed by atoms with Crippen molar-refractivity contribution in [1.29, 1.82) is 0 Å². The van der Waals surface area contributed by atoms with Gasteiger partial charge >= 0.3 is 0 Å². The number of nitrogens with one attached hydrogen (secondary N) is 1. The Morgan fingerprint density at radius 2 is 1.95 bits per heavy atom. The summed E-state index contributed by atoms with van der Waals surface area (Å²) in [7, 11) is 0. The molecule has 0 radical (unpaired) electrons. The number of carbonyl (C=O) groups excluding carboxylic acids is 1. The molecule has 1 N–H and O–H groups in total. The normalized spacial score (nSPS) is 11.4. The van der Waals surface area contributed by atoms with Crippen LogP contribution >= 0.6 is 23.1 Å². The molecule has 0 fully saturated rings. The van der Waals surface area contributed by atoms with Crippen molar-refractivity contribution in [3.8, 4) is 0 Å². The van der Waals surface area contributed by atoms with Crippen molar-refractivity contribution < 1.29 is 4.79 Å². The van der Waals surface area contributed by atoms with E-state index in [4.69, 9.17) is 0 Å². The minimum Gasteiger partial charge on any atom is -0.347 e. The number of nitrogens with zero attached hydrogens (tertiary/aromatic N) is 1.